The number of alkyl halides is 2. The number of pyridine rings is 1. The molecule has 280 valence electrons. The van der Waals surface area contributed by atoms with Crippen molar-refractivity contribution in [2.24, 2.45) is 22.1 Å². The molecule has 13 nitrogen and oxygen atoms in total. The summed E-state index contributed by atoms with van der Waals surface area (Å²) in [6, 6.07) is 3.81. The van der Waals surface area contributed by atoms with Gasteiger partial charge < -0.3 is 30.5 Å². The molecule has 2 aromatic rings. The summed E-state index contributed by atoms with van der Waals surface area (Å²) in [5.74, 6) is -8.92. The van der Waals surface area contributed by atoms with Crippen molar-refractivity contribution in [2.45, 2.75) is 63.5 Å². The van der Waals surface area contributed by atoms with E-state index in [0.29, 0.717) is 56.1 Å². The van der Waals surface area contributed by atoms with Gasteiger partial charge in [-0.25, -0.2) is 9.37 Å². The minimum atomic E-state index is -4.02. The summed E-state index contributed by atoms with van der Waals surface area (Å²) in [6.45, 7) is 6.06. The molecular formula is C36H45F3N8O5. The number of anilines is 1. The summed E-state index contributed by atoms with van der Waals surface area (Å²) in [6.07, 6.45) is 4.63. The number of nitrogens with one attached hydrogen (secondary N) is 3. The van der Waals surface area contributed by atoms with Crippen molar-refractivity contribution in [3.05, 3.63) is 65.2 Å². The maximum Gasteiger partial charge on any atom is 0.351 e. The number of rotatable bonds is 12. The fourth-order valence-corrected chi connectivity index (χ4v) is 6.64. The first-order valence-corrected chi connectivity index (χ1v) is 17.4. The first kappa shape index (κ1) is 38.4. The van der Waals surface area contributed by atoms with E-state index >= 15 is 13.2 Å². The zero-order valence-corrected chi connectivity index (χ0v) is 29.7. The molecule has 52 heavy (non-hydrogen) atoms. The lowest BCUT2D eigenvalue weighted by molar-refractivity contribution is -0.149. The molecule has 2 aliphatic heterocycles. The predicted molar refractivity (Wildman–Crippen MR) is 185 cm³/mol. The van der Waals surface area contributed by atoms with Crippen molar-refractivity contribution in [1.82, 2.24) is 25.4 Å². The number of methoxy groups -OCH3 is 1. The second-order valence-corrected chi connectivity index (χ2v) is 13.8. The molecule has 1 aromatic carbocycles. The molecule has 16 heteroatoms. The number of nitrogens with zero attached hydrogens (tertiary/aromatic N) is 5. The highest BCUT2D eigenvalue weighted by atomic mass is 19.3. The Balaban J connectivity index is 1.34. The van der Waals surface area contributed by atoms with Gasteiger partial charge in [-0.1, -0.05) is 32.8 Å². The summed E-state index contributed by atoms with van der Waals surface area (Å²) in [5.41, 5.74) is -0.249. The fraction of sp³-hybridized carbons (Fsp3) is 0.528. The lowest BCUT2D eigenvalue weighted by Gasteiger charge is -2.36. The smallest absolute Gasteiger partial charge is 0.351 e. The Morgan fingerprint density at radius 2 is 1.71 bits per heavy atom. The summed E-state index contributed by atoms with van der Waals surface area (Å²) >= 11 is 0. The Hall–Kier alpha value is -4.86. The molecule has 3 heterocycles. The largest absolute Gasteiger partial charge is 0.481 e. The van der Waals surface area contributed by atoms with Gasteiger partial charge in [-0.3, -0.25) is 19.2 Å². The van der Waals surface area contributed by atoms with Crippen molar-refractivity contribution in [1.29, 1.82) is 0 Å². The molecule has 3 aliphatic rings. The molecule has 0 spiro atoms. The van der Waals surface area contributed by atoms with Crippen LogP contribution < -0.4 is 20.7 Å². The van der Waals surface area contributed by atoms with Crippen LogP contribution in [0.3, 0.4) is 0 Å². The highest BCUT2D eigenvalue weighted by Gasteiger charge is 2.45. The second kappa shape index (κ2) is 16.7. The van der Waals surface area contributed by atoms with Gasteiger partial charge in [0.2, 0.25) is 17.7 Å². The minimum Gasteiger partial charge on any atom is -0.481 e. The standard InChI is InChI=1S/C36H45F3N8O5/c1-21-5-7-23(8-6-21)31(45-35(51)36(38,39)26-10-12-29(52-4)40-20-26)33(49)43-28-11-9-24(17-27(28)37)22(2)30(44-32(48)25-18-41-42-19-25)34(50)47-15-13-46(3)14-16-47/h9-12,17-18,20-23,30-31H,5-8,13-16,19H2,1-4H3,(H,43,49)(H,44,48)(H,45,51)/t21?,22-,23?,30?,31-/m0/s1. The van der Waals surface area contributed by atoms with E-state index in [0.717, 1.165) is 31.2 Å². The van der Waals surface area contributed by atoms with Crippen LogP contribution in [-0.4, -0.2) is 97.4 Å². The quantitative estimate of drug-likeness (QED) is 0.299. The van der Waals surface area contributed by atoms with E-state index in [1.807, 2.05) is 7.05 Å². The zero-order valence-electron chi connectivity index (χ0n) is 29.7. The third-order valence-corrected chi connectivity index (χ3v) is 10.2. The van der Waals surface area contributed by atoms with Crippen molar-refractivity contribution in [2.75, 3.05) is 52.2 Å². The van der Waals surface area contributed by atoms with Crippen LogP contribution in [0.15, 0.2) is 58.5 Å². The molecule has 0 bridgehead atoms. The Morgan fingerprint density at radius 3 is 2.31 bits per heavy atom. The Kier molecular flexibility index (Phi) is 12.3. The number of benzene rings is 1. The third kappa shape index (κ3) is 8.95. The molecule has 0 radical (unpaired) electrons. The summed E-state index contributed by atoms with van der Waals surface area (Å²) in [5, 5.41) is 15.1. The van der Waals surface area contributed by atoms with Crippen LogP contribution in [-0.2, 0) is 25.1 Å². The van der Waals surface area contributed by atoms with Gasteiger partial charge in [0, 0.05) is 49.9 Å². The van der Waals surface area contributed by atoms with Gasteiger partial charge in [-0.2, -0.15) is 19.0 Å². The van der Waals surface area contributed by atoms with Crippen molar-refractivity contribution >= 4 is 29.3 Å². The number of hydrogen-bond donors (Lipinski definition) is 3. The zero-order chi connectivity index (χ0) is 37.6. The summed E-state index contributed by atoms with van der Waals surface area (Å²) in [4.78, 5) is 61.1. The molecule has 3 atom stereocenters. The van der Waals surface area contributed by atoms with E-state index in [1.165, 1.54) is 31.5 Å². The summed E-state index contributed by atoms with van der Waals surface area (Å²) < 4.78 is 51.3. The maximum atomic E-state index is 15.8. The highest BCUT2D eigenvalue weighted by Crippen LogP contribution is 2.34. The van der Waals surface area contributed by atoms with Crippen LogP contribution in [0.1, 0.15) is 56.6 Å². The van der Waals surface area contributed by atoms with E-state index in [1.54, 1.807) is 11.8 Å². The topological polar surface area (TPSA) is 158 Å². The monoisotopic (exact) mass is 726 g/mol. The second-order valence-electron chi connectivity index (χ2n) is 13.8. The number of carbonyl (C=O) groups excluding carboxylic acids is 4. The van der Waals surface area contributed by atoms with Crippen LogP contribution in [0.2, 0.25) is 0 Å². The lowest BCUT2D eigenvalue weighted by atomic mass is 9.79. The average molecular weight is 727 g/mol. The molecule has 1 aliphatic carbocycles. The van der Waals surface area contributed by atoms with E-state index in [-0.39, 0.29) is 24.0 Å². The fourth-order valence-electron chi connectivity index (χ4n) is 6.64. The number of piperazine rings is 1. The first-order chi connectivity index (χ1) is 24.8. The molecular weight excluding hydrogens is 681 g/mol. The normalized spacial score (nSPS) is 21.1. The first-order valence-electron chi connectivity index (χ1n) is 17.4. The third-order valence-electron chi connectivity index (χ3n) is 10.2. The minimum absolute atomic E-state index is 0.0797. The molecule has 4 amide bonds. The van der Waals surface area contributed by atoms with Gasteiger partial charge >= 0.3 is 5.92 Å². The van der Waals surface area contributed by atoms with Gasteiger partial charge in [-0.15, -0.1) is 0 Å². The molecule has 3 N–H and O–H groups in total. The molecule has 5 rings (SSSR count). The number of hydrogen-bond acceptors (Lipinski definition) is 9. The van der Waals surface area contributed by atoms with Crippen LogP contribution >= 0.6 is 0 Å². The molecule has 2 fully saturated rings. The maximum absolute atomic E-state index is 15.8. The van der Waals surface area contributed by atoms with E-state index in [9.17, 15) is 19.2 Å². The van der Waals surface area contributed by atoms with Crippen molar-refractivity contribution in [3.8, 4) is 5.88 Å². The van der Waals surface area contributed by atoms with Crippen LogP contribution in [0.25, 0.3) is 0 Å². The number of amides is 4. The van der Waals surface area contributed by atoms with E-state index in [4.69, 9.17) is 4.74 Å². The van der Waals surface area contributed by atoms with Crippen LogP contribution in [0.4, 0.5) is 18.9 Å². The Bertz CT molecular complexity index is 1690. The van der Waals surface area contributed by atoms with E-state index in [2.05, 4.69) is 43.0 Å². The highest BCUT2D eigenvalue weighted by molar-refractivity contribution is 5.99. The predicted octanol–water partition coefficient (Wildman–Crippen LogP) is 3.98. The Labute approximate surface area is 300 Å². The SMILES string of the molecule is COc1ccc(C(F)(F)C(=O)N[C@H](C(=O)Nc2ccc([C@H](C)C(NC(=O)C3=CN=NC3)C(=O)N3CCN(C)CC3)cc2F)C2CCC(C)CC2)cn1. The number of ether oxygens (including phenoxy) is 1. The van der Waals surface area contributed by atoms with Gasteiger partial charge in [0.05, 0.1) is 31.1 Å². The van der Waals surface area contributed by atoms with Gasteiger partial charge in [-0.05, 0) is 55.5 Å². The average Bonchev–Trinajstić information content (AvgIpc) is 3.69. The van der Waals surface area contributed by atoms with Gasteiger partial charge in [0.25, 0.3) is 11.8 Å². The summed E-state index contributed by atoms with van der Waals surface area (Å²) in [7, 11) is 3.28. The van der Waals surface area contributed by atoms with Crippen molar-refractivity contribution in [3.63, 3.8) is 0 Å². The lowest BCUT2D eigenvalue weighted by Crippen LogP contribution is -2.56. The van der Waals surface area contributed by atoms with Crippen molar-refractivity contribution < 1.29 is 37.1 Å². The van der Waals surface area contributed by atoms with Crippen LogP contribution in [0.5, 0.6) is 5.88 Å². The molecule has 1 saturated carbocycles. The van der Waals surface area contributed by atoms with Gasteiger partial charge in [0.15, 0.2) is 0 Å². The number of carbonyl (C=O) groups is 4. The molecule has 1 unspecified atom stereocenters. The number of aromatic nitrogens is 1. The number of azo groups is 1. The number of halogens is 3. The molecule has 1 aromatic heterocycles. The van der Waals surface area contributed by atoms with E-state index < -0.39 is 58.9 Å². The number of likely N-dealkylation sites (N-methyl/N-ethyl adjacent to an activating group) is 1. The molecule has 1 saturated heterocycles. The van der Waals surface area contributed by atoms with Crippen LogP contribution in [0, 0.1) is 17.7 Å². The Morgan fingerprint density at radius 1 is 1.00 bits per heavy atom. The van der Waals surface area contributed by atoms with Gasteiger partial charge in [0.1, 0.15) is 17.9 Å².